The van der Waals surface area contributed by atoms with Gasteiger partial charge in [0.05, 0.1) is 5.92 Å². The predicted octanol–water partition coefficient (Wildman–Crippen LogP) is 2.27. The molecule has 0 aliphatic carbocycles. The lowest BCUT2D eigenvalue weighted by Crippen LogP contribution is -2.47. The SMILES string of the molecule is CCc1cccc(CC)c1NC(=O)[C@H]1CCCN(S(=O)(=O)N(C)C)C1. The highest BCUT2D eigenvalue weighted by molar-refractivity contribution is 7.86. The number of para-hydroxylation sites is 1. The monoisotopic (exact) mass is 367 g/mol. The molecule has 1 amide bonds. The van der Waals surface area contributed by atoms with Crippen LogP contribution in [0.4, 0.5) is 5.69 Å². The maximum Gasteiger partial charge on any atom is 0.281 e. The standard InChI is InChI=1S/C18H29N3O3S/c1-5-14-9-7-10-15(6-2)17(14)19-18(22)16-11-8-12-21(13-16)25(23,24)20(3)4/h7,9-10,16H,5-6,8,11-13H2,1-4H3,(H,19,22)/t16-/m0/s1. The van der Waals surface area contributed by atoms with Crippen LogP contribution >= 0.6 is 0 Å². The van der Waals surface area contributed by atoms with Gasteiger partial charge in [-0.1, -0.05) is 32.0 Å². The van der Waals surface area contributed by atoms with Crippen molar-refractivity contribution in [2.45, 2.75) is 39.5 Å². The molecule has 1 saturated heterocycles. The molecular formula is C18H29N3O3S. The van der Waals surface area contributed by atoms with Crippen LogP contribution in [0.15, 0.2) is 18.2 Å². The molecular weight excluding hydrogens is 338 g/mol. The molecule has 1 atom stereocenters. The van der Waals surface area contributed by atoms with E-state index in [0.29, 0.717) is 19.4 Å². The summed E-state index contributed by atoms with van der Waals surface area (Å²) in [7, 11) is -0.442. The van der Waals surface area contributed by atoms with Crippen LogP contribution in [0, 0.1) is 5.92 Å². The largest absolute Gasteiger partial charge is 0.325 e. The van der Waals surface area contributed by atoms with Gasteiger partial charge in [-0.25, -0.2) is 0 Å². The molecule has 1 aromatic rings. The minimum absolute atomic E-state index is 0.0887. The van der Waals surface area contributed by atoms with Crippen LogP contribution in [-0.2, 0) is 27.8 Å². The quantitative estimate of drug-likeness (QED) is 0.838. The van der Waals surface area contributed by atoms with Crippen LogP contribution < -0.4 is 5.32 Å². The number of anilines is 1. The van der Waals surface area contributed by atoms with E-state index in [-0.39, 0.29) is 18.4 Å². The Hall–Kier alpha value is -1.44. The van der Waals surface area contributed by atoms with Gasteiger partial charge < -0.3 is 5.32 Å². The summed E-state index contributed by atoms with van der Waals surface area (Å²) < 4.78 is 27.3. The summed E-state index contributed by atoms with van der Waals surface area (Å²) in [4.78, 5) is 12.8. The lowest BCUT2D eigenvalue weighted by atomic mass is 9.97. The zero-order valence-electron chi connectivity index (χ0n) is 15.6. The highest BCUT2D eigenvalue weighted by atomic mass is 32.2. The zero-order valence-corrected chi connectivity index (χ0v) is 16.4. The summed E-state index contributed by atoms with van der Waals surface area (Å²) in [5.41, 5.74) is 3.12. The van der Waals surface area contributed by atoms with Gasteiger partial charge in [-0.15, -0.1) is 0 Å². The Morgan fingerprint density at radius 3 is 2.36 bits per heavy atom. The Balaban J connectivity index is 2.17. The molecule has 0 saturated carbocycles. The fraction of sp³-hybridized carbons (Fsp3) is 0.611. The first kappa shape index (κ1) is 19.9. The van der Waals surface area contributed by atoms with Crippen LogP contribution in [0.25, 0.3) is 0 Å². The molecule has 0 radical (unpaired) electrons. The molecule has 0 unspecified atom stereocenters. The molecule has 7 heteroatoms. The van der Waals surface area contributed by atoms with Gasteiger partial charge in [0.15, 0.2) is 0 Å². The van der Waals surface area contributed by atoms with E-state index in [1.54, 1.807) is 0 Å². The molecule has 1 aromatic carbocycles. The number of aryl methyl sites for hydroxylation is 2. The number of carbonyl (C=O) groups is 1. The average molecular weight is 368 g/mol. The number of amides is 1. The number of piperidine rings is 1. The second-order valence-electron chi connectivity index (χ2n) is 6.63. The van der Waals surface area contributed by atoms with E-state index < -0.39 is 10.2 Å². The summed E-state index contributed by atoms with van der Waals surface area (Å²) in [6, 6.07) is 6.07. The first-order valence-electron chi connectivity index (χ1n) is 8.90. The van der Waals surface area contributed by atoms with Gasteiger partial charge in [0.1, 0.15) is 0 Å². The highest BCUT2D eigenvalue weighted by Crippen LogP contribution is 2.26. The average Bonchev–Trinajstić information content (AvgIpc) is 2.61. The van der Waals surface area contributed by atoms with Crippen molar-refractivity contribution >= 4 is 21.8 Å². The Bertz CT molecular complexity index is 694. The molecule has 25 heavy (non-hydrogen) atoms. The Kier molecular flexibility index (Phi) is 6.59. The van der Waals surface area contributed by atoms with Crippen LogP contribution in [0.3, 0.4) is 0 Å². The third kappa shape index (κ3) is 4.40. The van der Waals surface area contributed by atoms with Crippen molar-refractivity contribution in [3.05, 3.63) is 29.3 Å². The second kappa shape index (κ2) is 8.29. The van der Waals surface area contributed by atoms with E-state index >= 15 is 0 Å². The fourth-order valence-electron chi connectivity index (χ4n) is 3.23. The lowest BCUT2D eigenvalue weighted by Gasteiger charge is -2.33. The molecule has 2 rings (SSSR count). The number of nitrogens with one attached hydrogen (secondary N) is 1. The van der Waals surface area contributed by atoms with Crippen molar-refractivity contribution in [2.24, 2.45) is 5.92 Å². The van der Waals surface area contributed by atoms with E-state index in [0.717, 1.165) is 29.7 Å². The van der Waals surface area contributed by atoms with Gasteiger partial charge in [-0.05, 0) is 36.8 Å². The highest BCUT2D eigenvalue weighted by Gasteiger charge is 2.33. The van der Waals surface area contributed by atoms with Gasteiger partial charge in [0.25, 0.3) is 10.2 Å². The van der Waals surface area contributed by atoms with Crippen molar-refractivity contribution in [3.63, 3.8) is 0 Å². The Morgan fingerprint density at radius 1 is 1.24 bits per heavy atom. The minimum Gasteiger partial charge on any atom is -0.325 e. The van der Waals surface area contributed by atoms with Crippen LogP contribution in [-0.4, -0.2) is 50.1 Å². The maximum absolute atomic E-state index is 12.8. The van der Waals surface area contributed by atoms with Crippen molar-refractivity contribution in [1.29, 1.82) is 0 Å². The van der Waals surface area contributed by atoms with E-state index in [2.05, 4.69) is 19.2 Å². The maximum atomic E-state index is 12.8. The van der Waals surface area contributed by atoms with Gasteiger partial charge in [-0.3, -0.25) is 4.79 Å². The van der Waals surface area contributed by atoms with Gasteiger partial charge >= 0.3 is 0 Å². The Labute approximate surface area is 151 Å². The normalized spacial score (nSPS) is 19.2. The fourth-order valence-corrected chi connectivity index (χ4v) is 4.42. The van der Waals surface area contributed by atoms with E-state index in [9.17, 15) is 13.2 Å². The van der Waals surface area contributed by atoms with Gasteiger partial charge in [0, 0.05) is 32.9 Å². The third-order valence-electron chi connectivity index (χ3n) is 4.79. The first-order chi connectivity index (χ1) is 11.8. The second-order valence-corrected chi connectivity index (χ2v) is 8.78. The molecule has 1 fully saturated rings. The number of nitrogens with zero attached hydrogens (tertiary/aromatic N) is 2. The third-order valence-corrected chi connectivity index (χ3v) is 6.70. The van der Waals surface area contributed by atoms with Crippen molar-refractivity contribution in [2.75, 3.05) is 32.5 Å². The molecule has 1 heterocycles. The van der Waals surface area contributed by atoms with Crippen LogP contribution in [0.5, 0.6) is 0 Å². The first-order valence-corrected chi connectivity index (χ1v) is 10.3. The topological polar surface area (TPSA) is 69.7 Å². The molecule has 1 aliphatic rings. The summed E-state index contributed by atoms with van der Waals surface area (Å²) in [6.07, 6.45) is 3.09. The van der Waals surface area contributed by atoms with Crippen molar-refractivity contribution in [3.8, 4) is 0 Å². The Morgan fingerprint density at radius 2 is 1.84 bits per heavy atom. The van der Waals surface area contributed by atoms with E-state index in [1.807, 2.05) is 18.2 Å². The molecule has 1 N–H and O–H groups in total. The van der Waals surface area contributed by atoms with Crippen molar-refractivity contribution < 1.29 is 13.2 Å². The summed E-state index contributed by atoms with van der Waals surface area (Å²) in [5.74, 6) is -0.410. The zero-order chi connectivity index (χ0) is 18.6. The molecule has 140 valence electrons. The minimum atomic E-state index is -3.48. The summed E-state index contributed by atoms with van der Waals surface area (Å²) in [5, 5.41) is 3.08. The number of benzene rings is 1. The van der Waals surface area contributed by atoms with Gasteiger partial charge in [-0.2, -0.15) is 17.0 Å². The smallest absolute Gasteiger partial charge is 0.281 e. The molecule has 0 spiro atoms. The van der Waals surface area contributed by atoms with Gasteiger partial charge in [0.2, 0.25) is 5.91 Å². The molecule has 0 aromatic heterocycles. The van der Waals surface area contributed by atoms with Crippen LogP contribution in [0.2, 0.25) is 0 Å². The van der Waals surface area contributed by atoms with E-state index in [4.69, 9.17) is 0 Å². The lowest BCUT2D eigenvalue weighted by molar-refractivity contribution is -0.120. The predicted molar refractivity (Wildman–Crippen MR) is 101 cm³/mol. The molecule has 1 aliphatic heterocycles. The number of hydrogen-bond acceptors (Lipinski definition) is 3. The summed E-state index contributed by atoms with van der Waals surface area (Å²) in [6.45, 7) is 4.84. The van der Waals surface area contributed by atoms with Crippen LogP contribution in [0.1, 0.15) is 37.8 Å². The molecule has 0 bridgehead atoms. The number of hydrogen-bond donors (Lipinski definition) is 1. The number of rotatable bonds is 6. The van der Waals surface area contributed by atoms with Crippen molar-refractivity contribution in [1.82, 2.24) is 8.61 Å². The summed E-state index contributed by atoms with van der Waals surface area (Å²) >= 11 is 0. The van der Waals surface area contributed by atoms with E-state index in [1.165, 1.54) is 22.7 Å². The number of carbonyl (C=O) groups excluding carboxylic acids is 1. The molecule has 6 nitrogen and oxygen atoms in total.